The lowest BCUT2D eigenvalue weighted by Gasteiger charge is -1.73. The van der Waals surface area contributed by atoms with Gasteiger partial charge in [-0.15, -0.1) is 8.19 Å². The molecule has 0 amide bonds. The van der Waals surface area contributed by atoms with Crippen LogP contribution in [0.15, 0.2) is 10.1 Å². The molecule has 0 radical (unpaired) electrons. The maximum atomic E-state index is 8.29. The van der Waals surface area contributed by atoms with Gasteiger partial charge in [0.05, 0.1) is 4.20 Å². The van der Waals surface area contributed by atoms with Crippen LogP contribution in [0.25, 0.3) is 0 Å². The van der Waals surface area contributed by atoms with Gasteiger partial charge in [0.15, 0.2) is 5.69 Å². The zero-order chi connectivity index (χ0) is 5.98. The molecule has 8 heavy (non-hydrogen) atoms. The number of hydrogen-bond donors (Lipinski definition) is 0. The summed E-state index contributed by atoms with van der Waals surface area (Å²) in [5, 5.41) is 8.29. The van der Waals surface area contributed by atoms with Crippen molar-refractivity contribution < 1.29 is 0 Å². The van der Waals surface area contributed by atoms with Crippen LogP contribution < -0.4 is 0 Å². The highest BCUT2D eigenvalue weighted by Gasteiger charge is 1.96. The summed E-state index contributed by atoms with van der Waals surface area (Å²) in [6, 6.07) is 1.96. The third kappa shape index (κ3) is 0.912. The van der Waals surface area contributed by atoms with E-state index in [2.05, 4.69) is 20.9 Å². The van der Waals surface area contributed by atoms with E-state index in [1.807, 2.05) is 6.07 Å². The molecule has 0 spiro atoms. The van der Waals surface area contributed by atoms with Crippen LogP contribution in [-0.2, 0) is 0 Å². The van der Waals surface area contributed by atoms with Crippen molar-refractivity contribution >= 4 is 24.1 Å². The Morgan fingerprint density at radius 3 is 2.88 bits per heavy atom. The molecule has 4 heteroatoms. The summed E-state index contributed by atoms with van der Waals surface area (Å²) in [6.45, 7) is 0. The minimum absolute atomic E-state index is 0.517. The average molecular weight is 189 g/mol. The molecule has 1 unspecified atom stereocenters. The lowest BCUT2D eigenvalue weighted by atomic mass is 10.6. The SMILES string of the molecule is N#Cc1nc[pH]c1Br. The highest BCUT2D eigenvalue weighted by atomic mass is 79.9. The smallest absolute Gasteiger partial charge is 0.158 e. The van der Waals surface area contributed by atoms with E-state index in [4.69, 9.17) is 5.26 Å². The molecule has 0 saturated carbocycles. The molecule has 1 heterocycles. The fourth-order valence-electron chi connectivity index (χ4n) is 0.356. The Balaban J connectivity index is 3.15. The van der Waals surface area contributed by atoms with Gasteiger partial charge in [-0.2, -0.15) is 5.26 Å². The van der Waals surface area contributed by atoms with E-state index in [0.29, 0.717) is 13.9 Å². The van der Waals surface area contributed by atoms with Crippen LogP contribution in [0, 0.1) is 11.3 Å². The van der Waals surface area contributed by atoms with Crippen LogP contribution in [0.3, 0.4) is 0 Å². The summed E-state index contributed by atoms with van der Waals surface area (Å²) in [4.78, 5) is 3.79. The molecule has 0 aliphatic carbocycles. The van der Waals surface area contributed by atoms with Gasteiger partial charge in [-0.05, 0) is 15.9 Å². The Labute approximate surface area is 56.8 Å². The van der Waals surface area contributed by atoms with Gasteiger partial charge in [0.2, 0.25) is 0 Å². The van der Waals surface area contributed by atoms with Crippen molar-refractivity contribution in [2.45, 2.75) is 0 Å². The second-order valence-corrected chi connectivity index (χ2v) is 3.75. The summed E-state index contributed by atoms with van der Waals surface area (Å²) < 4.78 is 0.917. The minimum Gasteiger partial charge on any atom is -0.240 e. The Bertz CT molecular complexity index is 224. The number of rotatable bonds is 0. The van der Waals surface area contributed by atoms with Crippen molar-refractivity contribution in [3.63, 3.8) is 0 Å². The molecular formula is C4H2BrN2P. The molecule has 0 aliphatic heterocycles. The van der Waals surface area contributed by atoms with Crippen molar-refractivity contribution in [2.75, 3.05) is 0 Å². The van der Waals surface area contributed by atoms with Gasteiger partial charge in [-0.1, -0.05) is 0 Å². The van der Waals surface area contributed by atoms with E-state index < -0.39 is 0 Å². The van der Waals surface area contributed by atoms with Crippen molar-refractivity contribution in [3.05, 3.63) is 15.8 Å². The van der Waals surface area contributed by atoms with Gasteiger partial charge in [0.1, 0.15) is 6.07 Å². The van der Waals surface area contributed by atoms with Crippen LogP contribution in [0.4, 0.5) is 0 Å². The first-order chi connectivity index (χ1) is 3.84. The van der Waals surface area contributed by atoms with Crippen molar-refractivity contribution in [3.8, 4) is 6.07 Å². The van der Waals surface area contributed by atoms with Crippen molar-refractivity contribution in [1.29, 1.82) is 5.26 Å². The Kier molecular flexibility index (Phi) is 1.67. The molecular weight excluding hydrogens is 187 g/mol. The third-order valence-corrected chi connectivity index (χ3v) is 2.51. The largest absolute Gasteiger partial charge is 0.240 e. The van der Waals surface area contributed by atoms with Gasteiger partial charge in [-0.3, -0.25) is 0 Å². The van der Waals surface area contributed by atoms with Crippen molar-refractivity contribution in [2.24, 2.45) is 0 Å². The second kappa shape index (κ2) is 2.30. The lowest BCUT2D eigenvalue weighted by Crippen LogP contribution is -1.68. The Morgan fingerprint density at radius 2 is 2.62 bits per heavy atom. The summed E-state index contributed by atoms with van der Waals surface area (Å²) >= 11 is 3.21. The second-order valence-electron chi connectivity index (χ2n) is 1.18. The fourth-order valence-corrected chi connectivity index (χ4v) is 1.42. The van der Waals surface area contributed by atoms with Crippen LogP contribution in [0.1, 0.15) is 5.69 Å². The highest BCUT2D eigenvalue weighted by Crippen LogP contribution is 2.23. The zero-order valence-electron chi connectivity index (χ0n) is 3.85. The van der Waals surface area contributed by atoms with Gasteiger partial charge in [0, 0.05) is 5.93 Å². The molecule has 2 nitrogen and oxygen atoms in total. The van der Waals surface area contributed by atoms with Gasteiger partial charge >= 0.3 is 0 Å². The molecule has 0 fully saturated rings. The van der Waals surface area contributed by atoms with E-state index >= 15 is 0 Å². The maximum Gasteiger partial charge on any atom is 0.158 e. The van der Waals surface area contributed by atoms with Gasteiger partial charge in [0.25, 0.3) is 0 Å². The van der Waals surface area contributed by atoms with Crippen LogP contribution in [0.5, 0.6) is 0 Å². The summed E-state index contributed by atoms with van der Waals surface area (Å²) in [5.74, 6) is 1.74. The normalized spacial score (nSPS) is 9.50. The predicted octanol–water partition coefficient (Wildman–Crippen LogP) is 1.75. The number of halogens is 1. The standard InChI is InChI=1S/C4H2BrN2P/c5-4-3(1-6)7-2-8-4/h2,8H. The van der Waals surface area contributed by atoms with E-state index in [1.165, 1.54) is 0 Å². The lowest BCUT2D eigenvalue weighted by molar-refractivity contribution is 1.33. The first kappa shape index (κ1) is 5.81. The number of aromatic nitrogens is 1. The summed E-state index contributed by atoms with van der Waals surface area (Å²) in [6.07, 6.45) is 0. The van der Waals surface area contributed by atoms with Crippen molar-refractivity contribution in [1.82, 2.24) is 4.98 Å². The van der Waals surface area contributed by atoms with Crippen LogP contribution in [-0.4, -0.2) is 4.98 Å². The first-order valence-electron chi connectivity index (χ1n) is 1.93. The van der Waals surface area contributed by atoms with Crippen LogP contribution >= 0.6 is 24.1 Å². The molecule has 0 saturated heterocycles. The topological polar surface area (TPSA) is 36.7 Å². The molecule has 1 rings (SSSR count). The molecule has 1 atom stereocenters. The van der Waals surface area contributed by atoms with Gasteiger partial charge in [-0.25, -0.2) is 4.98 Å². The zero-order valence-corrected chi connectivity index (χ0v) is 6.44. The fraction of sp³-hybridized carbons (Fsp3) is 0. The third-order valence-electron chi connectivity index (χ3n) is 0.699. The molecule has 1 aromatic heterocycles. The van der Waals surface area contributed by atoms with E-state index in [9.17, 15) is 0 Å². The maximum absolute atomic E-state index is 8.29. The number of nitriles is 1. The van der Waals surface area contributed by atoms with Crippen LogP contribution in [0.2, 0.25) is 0 Å². The monoisotopic (exact) mass is 188 g/mol. The summed E-state index contributed by atoms with van der Waals surface area (Å²) in [7, 11) is 0.552. The Hall–Kier alpha value is -0.320. The summed E-state index contributed by atoms with van der Waals surface area (Å²) in [5.41, 5.74) is 0.517. The highest BCUT2D eigenvalue weighted by molar-refractivity contribution is 9.11. The quantitative estimate of drug-likeness (QED) is 0.623. The van der Waals surface area contributed by atoms with E-state index in [-0.39, 0.29) is 0 Å². The molecule has 0 N–H and O–H groups in total. The van der Waals surface area contributed by atoms with E-state index in [1.54, 1.807) is 5.93 Å². The molecule has 1 aromatic rings. The average Bonchev–Trinajstić information content (AvgIpc) is 2.14. The number of hydrogen-bond acceptors (Lipinski definition) is 2. The first-order valence-corrected chi connectivity index (χ1v) is 3.80. The molecule has 0 aliphatic rings. The molecule has 0 bridgehead atoms. The van der Waals surface area contributed by atoms with Gasteiger partial charge < -0.3 is 0 Å². The Morgan fingerprint density at radius 1 is 1.88 bits per heavy atom. The molecule has 40 valence electrons. The predicted molar refractivity (Wildman–Crippen MR) is 36.2 cm³/mol. The number of nitrogens with zero attached hydrogens (tertiary/aromatic N) is 2. The molecule has 0 aromatic carbocycles. The minimum atomic E-state index is 0.517. The van der Waals surface area contributed by atoms with E-state index in [0.717, 1.165) is 4.20 Å².